The first-order chi connectivity index (χ1) is 3.18. The molecule has 0 bridgehead atoms. The number of hydrogen-bond donors (Lipinski definition) is 0. The van der Waals surface area contributed by atoms with E-state index in [-0.39, 0.29) is 0 Å². The zero-order valence-corrected chi connectivity index (χ0v) is 4.22. The van der Waals surface area contributed by atoms with Gasteiger partial charge >= 0.3 is 14.0 Å². The van der Waals surface area contributed by atoms with Crippen LogP contribution < -0.4 is 0 Å². The molecule has 4 heteroatoms. The van der Waals surface area contributed by atoms with Crippen LogP contribution in [0.2, 0.25) is 0 Å². The molecule has 0 radical (unpaired) electrons. The van der Waals surface area contributed by atoms with E-state index in [1.54, 1.807) is 0 Å². The Morgan fingerprint density at radius 3 is 2.00 bits per heavy atom. The van der Waals surface area contributed by atoms with Crippen LogP contribution in [0.4, 0.5) is 0 Å². The molecule has 0 fully saturated rings. The summed E-state index contributed by atoms with van der Waals surface area (Å²) in [6, 6.07) is 0. The molecule has 0 amide bonds. The highest BCUT2D eigenvalue weighted by molar-refractivity contribution is 6.36. The van der Waals surface area contributed by atoms with Crippen LogP contribution in [-0.4, -0.2) is 19.8 Å². The summed E-state index contributed by atoms with van der Waals surface area (Å²) in [7, 11) is 1.17. The van der Waals surface area contributed by atoms with Gasteiger partial charge in [0.25, 0.3) is 0 Å². The molecule has 0 saturated heterocycles. The Balaban J connectivity index is 3.58. The van der Waals surface area contributed by atoms with Gasteiger partial charge in [0, 0.05) is 6.92 Å². The topological polar surface area (TPSA) is 43.4 Å². The minimum atomic E-state index is -0.792. The van der Waals surface area contributed by atoms with E-state index in [4.69, 9.17) is 0 Å². The van der Waals surface area contributed by atoms with Crippen LogP contribution in [0.25, 0.3) is 0 Å². The maximum Gasteiger partial charge on any atom is 0.356 e. The molecule has 0 N–H and O–H groups in total. The molecule has 0 heterocycles. The Morgan fingerprint density at radius 2 is 2.00 bits per heavy atom. The van der Waals surface area contributed by atoms with Crippen molar-refractivity contribution in [1.82, 2.24) is 0 Å². The standard InChI is InChI=1S/C3H5BO3/c1-2(5)3(6)7-4/h4H2,1H3. The quantitative estimate of drug-likeness (QED) is 0.302. The molecule has 3 nitrogen and oxygen atoms in total. The molecule has 0 atom stereocenters. The van der Waals surface area contributed by atoms with Gasteiger partial charge in [-0.25, -0.2) is 4.79 Å². The van der Waals surface area contributed by atoms with Crippen LogP contribution in [-0.2, 0) is 14.2 Å². The largest absolute Gasteiger partial charge is 0.538 e. The predicted molar refractivity (Wildman–Crippen MR) is 25.3 cm³/mol. The number of Topliss-reactive ketones (excluding diaryl/α,β-unsaturated/α-hetero) is 1. The third-order valence-electron chi connectivity index (χ3n) is 0.473. The number of rotatable bonds is 1. The van der Waals surface area contributed by atoms with Gasteiger partial charge in [-0.2, -0.15) is 0 Å². The maximum atomic E-state index is 9.94. The molecule has 0 aromatic rings. The SMILES string of the molecule is BOC(=O)C(C)=O. The molecule has 0 aromatic heterocycles. The third-order valence-corrected chi connectivity index (χ3v) is 0.473. The highest BCUT2D eigenvalue weighted by Crippen LogP contribution is 1.70. The Bertz CT molecular complexity index is 98.4. The van der Waals surface area contributed by atoms with Crippen molar-refractivity contribution in [2.24, 2.45) is 0 Å². The summed E-state index contributed by atoms with van der Waals surface area (Å²) < 4.78 is 4.02. The van der Waals surface area contributed by atoms with Crippen LogP contribution in [0.3, 0.4) is 0 Å². The second-order valence-corrected chi connectivity index (χ2v) is 1.05. The van der Waals surface area contributed by atoms with Crippen molar-refractivity contribution in [3.05, 3.63) is 0 Å². The van der Waals surface area contributed by atoms with Gasteiger partial charge in [-0.1, -0.05) is 0 Å². The molecule has 0 rings (SSSR count). The van der Waals surface area contributed by atoms with Gasteiger partial charge in [0.1, 0.15) is 0 Å². The fourth-order valence-corrected chi connectivity index (χ4v) is 0.144. The van der Waals surface area contributed by atoms with Crippen LogP contribution in [0.15, 0.2) is 0 Å². The lowest BCUT2D eigenvalue weighted by Crippen LogP contribution is -2.11. The molecule has 0 spiro atoms. The molecule has 0 aromatic carbocycles. The Morgan fingerprint density at radius 1 is 1.57 bits per heavy atom. The van der Waals surface area contributed by atoms with Gasteiger partial charge in [-0.15, -0.1) is 0 Å². The van der Waals surface area contributed by atoms with E-state index < -0.39 is 11.8 Å². The fourth-order valence-electron chi connectivity index (χ4n) is 0.144. The lowest BCUT2D eigenvalue weighted by Gasteiger charge is -1.87. The van der Waals surface area contributed by atoms with Gasteiger partial charge in [-0.05, 0) is 0 Å². The van der Waals surface area contributed by atoms with Crippen LogP contribution in [0, 0.1) is 0 Å². The smallest absolute Gasteiger partial charge is 0.356 e. The highest BCUT2D eigenvalue weighted by atomic mass is 16.5. The highest BCUT2D eigenvalue weighted by Gasteiger charge is 2.02. The predicted octanol–water partition coefficient (Wildman–Crippen LogP) is -1.33. The Hall–Kier alpha value is -0.795. The number of carbonyl (C=O) groups excluding carboxylic acids is 2. The van der Waals surface area contributed by atoms with Crippen molar-refractivity contribution >= 4 is 19.8 Å². The molecule has 0 aliphatic heterocycles. The molecule has 0 aliphatic carbocycles. The van der Waals surface area contributed by atoms with E-state index in [1.807, 2.05) is 0 Å². The van der Waals surface area contributed by atoms with Crippen LogP contribution in [0.1, 0.15) is 6.92 Å². The maximum absolute atomic E-state index is 9.94. The van der Waals surface area contributed by atoms with E-state index in [9.17, 15) is 9.59 Å². The van der Waals surface area contributed by atoms with Gasteiger partial charge < -0.3 is 4.65 Å². The van der Waals surface area contributed by atoms with Crippen molar-refractivity contribution in [3.8, 4) is 0 Å². The Kier molecular flexibility index (Phi) is 2.12. The lowest BCUT2D eigenvalue weighted by molar-refractivity contribution is -0.145. The lowest BCUT2D eigenvalue weighted by atomic mass is 10.4. The third kappa shape index (κ3) is 1.97. The summed E-state index contributed by atoms with van der Waals surface area (Å²) in [5.74, 6) is -1.36. The molecule has 38 valence electrons. The normalized spacial score (nSPS) is 7.57. The summed E-state index contributed by atoms with van der Waals surface area (Å²) in [6.07, 6.45) is 0. The number of carbonyl (C=O) groups is 2. The van der Waals surface area contributed by atoms with Gasteiger partial charge in [0.2, 0.25) is 5.78 Å². The van der Waals surface area contributed by atoms with E-state index in [0.717, 1.165) is 6.92 Å². The van der Waals surface area contributed by atoms with E-state index in [2.05, 4.69) is 4.65 Å². The molecular formula is C3H5BO3. The average Bonchev–Trinajstić information content (AvgIpc) is 1.65. The summed E-state index contributed by atoms with van der Waals surface area (Å²) >= 11 is 0. The van der Waals surface area contributed by atoms with Crippen molar-refractivity contribution in [2.45, 2.75) is 6.92 Å². The van der Waals surface area contributed by atoms with Crippen molar-refractivity contribution in [3.63, 3.8) is 0 Å². The van der Waals surface area contributed by atoms with Crippen molar-refractivity contribution in [2.75, 3.05) is 0 Å². The molecule has 7 heavy (non-hydrogen) atoms. The first kappa shape index (κ1) is 6.20. The number of ketones is 1. The van der Waals surface area contributed by atoms with Gasteiger partial charge in [-0.3, -0.25) is 4.79 Å². The first-order valence-electron chi connectivity index (χ1n) is 1.77. The fraction of sp³-hybridized carbons (Fsp3) is 0.333. The van der Waals surface area contributed by atoms with Gasteiger partial charge in [0.15, 0.2) is 0 Å². The van der Waals surface area contributed by atoms with Gasteiger partial charge in [0.05, 0.1) is 0 Å². The molecule has 0 saturated carbocycles. The van der Waals surface area contributed by atoms with Crippen molar-refractivity contribution < 1.29 is 14.2 Å². The van der Waals surface area contributed by atoms with E-state index in [1.165, 1.54) is 8.05 Å². The summed E-state index contributed by atoms with van der Waals surface area (Å²) in [4.78, 5) is 19.8. The second-order valence-electron chi connectivity index (χ2n) is 1.05. The first-order valence-corrected chi connectivity index (χ1v) is 1.77. The molecule has 0 unspecified atom stereocenters. The monoisotopic (exact) mass is 100 g/mol. The number of hydrogen-bond acceptors (Lipinski definition) is 3. The zero-order valence-electron chi connectivity index (χ0n) is 4.22. The average molecular weight is 99.9 g/mol. The Labute approximate surface area is 42.1 Å². The minimum Gasteiger partial charge on any atom is -0.538 e. The molecule has 0 aliphatic rings. The van der Waals surface area contributed by atoms with E-state index in [0.29, 0.717) is 0 Å². The summed E-state index contributed by atoms with van der Waals surface area (Å²) in [6.45, 7) is 1.16. The summed E-state index contributed by atoms with van der Waals surface area (Å²) in [5.41, 5.74) is 0. The summed E-state index contributed by atoms with van der Waals surface area (Å²) in [5, 5.41) is 0. The van der Waals surface area contributed by atoms with E-state index >= 15 is 0 Å². The zero-order chi connectivity index (χ0) is 5.86. The van der Waals surface area contributed by atoms with Crippen molar-refractivity contribution in [1.29, 1.82) is 0 Å². The van der Waals surface area contributed by atoms with Crippen LogP contribution in [0.5, 0.6) is 0 Å². The molecular weight excluding hydrogens is 94.8 g/mol. The van der Waals surface area contributed by atoms with Crippen LogP contribution >= 0.6 is 0 Å². The minimum absolute atomic E-state index is 0.567. The second kappa shape index (κ2) is 2.39.